The number of rotatable bonds is 1. The van der Waals surface area contributed by atoms with Crippen molar-refractivity contribution in [2.75, 3.05) is 0 Å². The Kier molecular flexibility index (Phi) is 2.85. The third kappa shape index (κ3) is 1.94. The van der Waals surface area contributed by atoms with Gasteiger partial charge >= 0.3 is 5.69 Å². The van der Waals surface area contributed by atoms with Crippen molar-refractivity contribution < 1.29 is 0 Å². The summed E-state index contributed by atoms with van der Waals surface area (Å²) < 4.78 is 1.62. The summed E-state index contributed by atoms with van der Waals surface area (Å²) in [5.74, 6) is 1.14. The second-order valence-electron chi connectivity index (χ2n) is 4.95. The highest BCUT2D eigenvalue weighted by atomic mass is 32.1. The Morgan fingerprint density at radius 3 is 2.63 bits per heavy atom. The van der Waals surface area contributed by atoms with E-state index in [4.69, 9.17) is 12.2 Å². The highest BCUT2D eigenvalue weighted by Crippen LogP contribution is 2.32. The molecule has 0 unspecified atom stereocenters. The number of aromatic amines is 2. The van der Waals surface area contributed by atoms with Crippen molar-refractivity contribution in [3.05, 3.63) is 31.3 Å². The second-order valence-corrected chi connectivity index (χ2v) is 5.34. The van der Waals surface area contributed by atoms with Gasteiger partial charge in [0, 0.05) is 13.0 Å². The zero-order chi connectivity index (χ0) is 13.6. The summed E-state index contributed by atoms with van der Waals surface area (Å²) in [6.45, 7) is 0. The molecule has 0 bridgehead atoms. The fourth-order valence-corrected chi connectivity index (χ4v) is 2.96. The molecule has 3 rings (SSSR count). The van der Waals surface area contributed by atoms with Crippen molar-refractivity contribution in [1.29, 1.82) is 0 Å². The lowest BCUT2D eigenvalue weighted by Crippen LogP contribution is -2.29. The molecular formula is C12H14N4O2S. The van der Waals surface area contributed by atoms with E-state index >= 15 is 0 Å². The maximum Gasteiger partial charge on any atom is 0.329 e. The lowest BCUT2D eigenvalue weighted by Gasteiger charge is -2.11. The Balaban J connectivity index is 2.36. The summed E-state index contributed by atoms with van der Waals surface area (Å²) >= 11 is 5.20. The minimum absolute atomic E-state index is 0.257. The second kappa shape index (κ2) is 4.41. The first-order valence-electron chi connectivity index (χ1n) is 6.31. The number of hydrogen-bond donors (Lipinski definition) is 2. The predicted octanol–water partition coefficient (Wildman–Crippen LogP) is 1.34. The number of aromatic nitrogens is 4. The highest BCUT2D eigenvalue weighted by molar-refractivity contribution is 7.71. The molecule has 100 valence electrons. The highest BCUT2D eigenvalue weighted by Gasteiger charge is 2.20. The normalized spacial score (nSPS) is 16.3. The first kappa shape index (κ1) is 12.3. The van der Waals surface area contributed by atoms with Gasteiger partial charge in [-0.15, -0.1) is 0 Å². The molecule has 1 saturated carbocycles. The summed E-state index contributed by atoms with van der Waals surface area (Å²) in [5.41, 5.74) is -0.479. The number of aryl methyl sites for hydroxylation is 1. The van der Waals surface area contributed by atoms with Crippen LogP contribution in [-0.4, -0.2) is 19.5 Å². The zero-order valence-corrected chi connectivity index (χ0v) is 11.3. The van der Waals surface area contributed by atoms with Crippen molar-refractivity contribution in [3.8, 4) is 0 Å². The van der Waals surface area contributed by atoms with Gasteiger partial charge in [0.15, 0.2) is 0 Å². The van der Waals surface area contributed by atoms with E-state index in [1.165, 1.54) is 17.4 Å². The average molecular weight is 278 g/mol. The number of hydrogen-bond acceptors (Lipinski definition) is 4. The molecule has 2 N–H and O–H groups in total. The summed E-state index contributed by atoms with van der Waals surface area (Å²) in [6.07, 6.45) is 4.50. The van der Waals surface area contributed by atoms with Crippen LogP contribution in [0, 0.1) is 4.64 Å². The number of H-pyrrole nitrogens is 2. The molecular weight excluding hydrogens is 264 g/mol. The maximum absolute atomic E-state index is 11.8. The van der Waals surface area contributed by atoms with Gasteiger partial charge < -0.3 is 4.98 Å². The van der Waals surface area contributed by atoms with E-state index in [1.54, 1.807) is 7.05 Å². The van der Waals surface area contributed by atoms with Crippen LogP contribution < -0.4 is 11.2 Å². The molecule has 6 nitrogen and oxygen atoms in total. The molecule has 0 aromatic carbocycles. The molecule has 0 saturated heterocycles. The van der Waals surface area contributed by atoms with Crippen LogP contribution in [0.3, 0.4) is 0 Å². The van der Waals surface area contributed by atoms with Crippen LogP contribution in [0.1, 0.15) is 37.4 Å². The number of nitrogens with one attached hydrogen (secondary N) is 2. The summed E-state index contributed by atoms with van der Waals surface area (Å²) in [6, 6.07) is 0. The molecule has 19 heavy (non-hydrogen) atoms. The topological polar surface area (TPSA) is 83.5 Å². The minimum atomic E-state index is -0.482. The van der Waals surface area contributed by atoms with Crippen LogP contribution in [0.15, 0.2) is 9.59 Å². The van der Waals surface area contributed by atoms with Gasteiger partial charge in [0.2, 0.25) is 0 Å². The Morgan fingerprint density at radius 2 is 1.95 bits per heavy atom. The van der Waals surface area contributed by atoms with Crippen LogP contribution in [0.4, 0.5) is 0 Å². The van der Waals surface area contributed by atoms with Gasteiger partial charge in [-0.3, -0.25) is 14.3 Å². The van der Waals surface area contributed by atoms with Crippen molar-refractivity contribution in [2.24, 2.45) is 7.05 Å². The molecule has 1 fully saturated rings. The molecule has 1 aliphatic rings. The van der Waals surface area contributed by atoms with Crippen LogP contribution in [-0.2, 0) is 7.05 Å². The molecule has 7 heteroatoms. The zero-order valence-electron chi connectivity index (χ0n) is 10.5. The standard InChI is InChI=1S/C12H14N4O2S/c1-16-9-7(10(17)15-12(16)18)11(19)14-8(13-9)6-4-2-3-5-6/h6H,2-5H2,1H3,(H,13,14,19)(H,15,17,18). The number of fused-ring (bicyclic) bond motifs is 1. The molecule has 0 spiro atoms. The lowest BCUT2D eigenvalue weighted by atomic mass is 10.1. The van der Waals surface area contributed by atoms with Crippen LogP contribution in [0.25, 0.3) is 11.0 Å². The van der Waals surface area contributed by atoms with E-state index in [2.05, 4.69) is 15.0 Å². The van der Waals surface area contributed by atoms with Gasteiger partial charge in [0.25, 0.3) is 5.56 Å². The molecule has 1 aliphatic carbocycles. The monoisotopic (exact) mass is 278 g/mol. The Morgan fingerprint density at radius 1 is 1.26 bits per heavy atom. The Hall–Kier alpha value is -1.76. The fraction of sp³-hybridized carbons (Fsp3) is 0.500. The summed E-state index contributed by atoms with van der Waals surface area (Å²) in [5, 5.41) is 0.277. The van der Waals surface area contributed by atoms with Crippen molar-refractivity contribution in [2.45, 2.75) is 31.6 Å². The third-order valence-corrected chi connectivity index (χ3v) is 4.04. The molecule has 0 radical (unpaired) electrons. The van der Waals surface area contributed by atoms with Crippen LogP contribution in [0.2, 0.25) is 0 Å². The molecule has 0 atom stereocenters. The SMILES string of the molecule is Cn1c(=O)[nH]c(=O)c2c(=S)nc(C3CCCC3)[nH]c21. The van der Waals surface area contributed by atoms with Gasteiger partial charge in [-0.25, -0.2) is 9.78 Å². The molecule has 0 amide bonds. The Labute approximate surface area is 113 Å². The van der Waals surface area contributed by atoms with Crippen molar-refractivity contribution >= 4 is 23.3 Å². The smallest absolute Gasteiger partial charge is 0.329 e. The van der Waals surface area contributed by atoms with E-state index in [0.29, 0.717) is 11.6 Å². The largest absolute Gasteiger partial charge is 0.329 e. The van der Waals surface area contributed by atoms with Gasteiger partial charge in [0.05, 0.1) is 0 Å². The predicted molar refractivity (Wildman–Crippen MR) is 74.0 cm³/mol. The summed E-state index contributed by atoms with van der Waals surface area (Å²) in [7, 11) is 1.60. The van der Waals surface area contributed by atoms with Crippen LogP contribution in [0.5, 0.6) is 0 Å². The maximum atomic E-state index is 11.8. The first-order chi connectivity index (χ1) is 9.08. The third-order valence-electron chi connectivity index (χ3n) is 3.75. The van der Waals surface area contributed by atoms with Gasteiger partial charge in [-0.05, 0) is 12.8 Å². The number of nitrogens with zero attached hydrogens (tertiary/aromatic N) is 2. The lowest BCUT2D eigenvalue weighted by molar-refractivity contribution is 0.665. The van der Waals surface area contributed by atoms with Crippen LogP contribution >= 0.6 is 12.2 Å². The van der Waals surface area contributed by atoms with E-state index in [1.807, 2.05) is 0 Å². The molecule has 0 aliphatic heterocycles. The fourth-order valence-electron chi connectivity index (χ4n) is 2.67. The molecule has 2 aromatic heterocycles. The Bertz CT molecular complexity index is 811. The van der Waals surface area contributed by atoms with E-state index in [-0.39, 0.29) is 10.0 Å². The van der Waals surface area contributed by atoms with E-state index in [0.717, 1.165) is 18.7 Å². The van der Waals surface area contributed by atoms with Crippen molar-refractivity contribution in [1.82, 2.24) is 19.5 Å². The quantitative estimate of drug-likeness (QED) is 0.771. The first-order valence-corrected chi connectivity index (χ1v) is 6.72. The minimum Gasteiger partial charge on any atom is -0.329 e. The van der Waals surface area contributed by atoms with E-state index < -0.39 is 11.2 Å². The van der Waals surface area contributed by atoms with Crippen molar-refractivity contribution in [3.63, 3.8) is 0 Å². The van der Waals surface area contributed by atoms with E-state index in [9.17, 15) is 9.59 Å². The average Bonchev–Trinajstić information content (AvgIpc) is 2.88. The molecule has 2 heterocycles. The summed E-state index contributed by atoms with van der Waals surface area (Å²) in [4.78, 5) is 33.1. The molecule has 2 aromatic rings. The van der Waals surface area contributed by atoms with Gasteiger partial charge in [-0.2, -0.15) is 0 Å². The van der Waals surface area contributed by atoms with Gasteiger partial charge in [-0.1, -0.05) is 25.1 Å². The van der Waals surface area contributed by atoms with Gasteiger partial charge in [0.1, 0.15) is 21.5 Å².